The lowest BCUT2D eigenvalue weighted by Crippen LogP contribution is -2.21. The minimum atomic E-state index is -4.55. The van der Waals surface area contributed by atoms with Crippen LogP contribution in [0, 0.1) is 0 Å². The van der Waals surface area contributed by atoms with Crippen molar-refractivity contribution in [2.24, 2.45) is 0 Å². The van der Waals surface area contributed by atoms with Gasteiger partial charge in [-0.2, -0.15) is 24.9 Å². The summed E-state index contributed by atoms with van der Waals surface area (Å²) < 4.78 is 38.2. The van der Waals surface area contributed by atoms with Crippen LogP contribution in [0.4, 0.5) is 24.8 Å². The highest BCUT2D eigenvalue weighted by Gasteiger charge is 2.35. The summed E-state index contributed by atoms with van der Waals surface area (Å²) in [7, 11) is 0. The van der Waals surface area contributed by atoms with Crippen LogP contribution in [-0.4, -0.2) is 34.1 Å². The van der Waals surface area contributed by atoms with Crippen LogP contribution < -0.4 is 10.6 Å². The molecule has 0 aliphatic heterocycles. The van der Waals surface area contributed by atoms with Crippen molar-refractivity contribution in [3.8, 4) is 0 Å². The highest BCUT2D eigenvalue weighted by Crippen LogP contribution is 2.28. The van der Waals surface area contributed by atoms with Crippen molar-refractivity contribution < 1.29 is 13.2 Å². The molecule has 0 spiro atoms. The van der Waals surface area contributed by atoms with Gasteiger partial charge in [0.05, 0.1) is 0 Å². The minimum Gasteiger partial charge on any atom is -0.370 e. The molecular weight excluding hydrogens is 289 g/mol. The topological polar surface area (TPSA) is 49.8 Å². The van der Waals surface area contributed by atoms with Gasteiger partial charge in [0.25, 0.3) is 0 Å². The Kier molecular flexibility index (Phi) is 6.38. The zero-order valence-corrected chi connectivity index (χ0v) is 12.5. The number of nitrogens with zero attached hydrogens (tertiary/aromatic N) is 2. The van der Waals surface area contributed by atoms with E-state index in [1.54, 1.807) is 18.7 Å². The Bertz CT molecular complexity index is 426. The van der Waals surface area contributed by atoms with Gasteiger partial charge >= 0.3 is 6.18 Å². The molecule has 0 aromatic carbocycles. The molecule has 1 rings (SSSR count). The summed E-state index contributed by atoms with van der Waals surface area (Å²) in [5.74, 6) is 0.999. The first-order valence-corrected chi connectivity index (χ1v) is 7.56. The Morgan fingerprint density at radius 3 is 2.45 bits per heavy atom. The summed E-state index contributed by atoms with van der Waals surface area (Å²) in [5, 5.41) is 5.76. The van der Waals surface area contributed by atoms with Crippen LogP contribution in [0.5, 0.6) is 0 Å². The maximum atomic E-state index is 12.7. The van der Waals surface area contributed by atoms with Gasteiger partial charge in [-0.05, 0) is 19.6 Å². The van der Waals surface area contributed by atoms with Crippen molar-refractivity contribution >= 4 is 23.4 Å². The lowest BCUT2D eigenvalue weighted by Gasteiger charge is -2.16. The SMILES string of the molecule is CCNc1cc(NC(C)CSCC)nc(C(F)(F)F)n1. The van der Waals surface area contributed by atoms with Gasteiger partial charge in [0.1, 0.15) is 11.6 Å². The molecule has 0 amide bonds. The van der Waals surface area contributed by atoms with E-state index in [1.807, 2.05) is 13.8 Å². The molecule has 0 saturated carbocycles. The largest absolute Gasteiger partial charge is 0.451 e. The standard InChI is InChI=1S/C12H19F3N4S/c1-4-16-9-6-10(17-8(3)7-20-5-2)19-11(18-9)12(13,14)15/h6,8H,4-5,7H2,1-3H3,(H2,16,17,18,19). The molecule has 8 heteroatoms. The van der Waals surface area contributed by atoms with Crippen LogP contribution in [-0.2, 0) is 6.18 Å². The average molecular weight is 308 g/mol. The normalized spacial score (nSPS) is 13.1. The number of hydrogen-bond donors (Lipinski definition) is 2. The van der Waals surface area contributed by atoms with E-state index in [2.05, 4.69) is 20.6 Å². The molecule has 1 heterocycles. The molecular formula is C12H19F3N4S. The molecule has 0 bridgehead atoms. The third-order valence-electron chi connectivity index (χ3n) is 2.30. The van der Waals surface area contributed by atoms with Crippen molar-refractivity contribution in [1.82, 2.24) is 9.97 Å². The highest BCUT2D eigenvalue weighted by molar-refractivity contribution is 7.99. The molecule has 20 heavy (non-hydrogen) atoms. The number of rotatable bonds is 7. The number of nitrogens with one attached hydrogen (secondary N) is 2. The van der Waals surface area contributed by atoms with Crippen LogP contribution in [0.2, 0.25) is 0 Å². The van der Waals surface area contributed by atoms with E-state index < -0.39 is 12.0 Å². The van der Waals surface area contributed by atoms with Crippen molar-refractivity contribution in [2.45, 2.75) is 33.0 Å². The van der Waals surface area contributed by atoms with E-state index in [9.17, 15) is 13.2 Å². The number of aromatic nitrogens is 2. The van der Waals surface area contributed by atoms with E-state index in [0.717, 1.165) is 11.5 Å². The van der Waals surface area contributed by atoms with Gasteiger partial charge in [-0.25, -0.2) is 9.97 Å². The summed E-state index contributed by atoms with van der Waals surface area (Å²) in [5.41, 5.74) is 0. The summed E-state index contributed by atoms with van der Waals surface area (Å²) in [6.07, 6.45) is -4.55. The van der Waals surface area contributed by atoms with E-state index in [4.69, 9.17) is 0 Å². The third kappa shape index (κ3) is 5.44. The quantitative estimate of drug-likeness (QED) is 0.807. The molecule has 4 nitrogen and oxygen atoms in total. The second kappa shape index (κ2) is 7.56. The Hall–Kier alpha value is -1.18. The Morgan fingerprint density at radius 1 is 1.25 bits per heavy atom. The smallest absolute Gasteiger partial charge is 0.370 e. The van der Waals surface area contributed by atoms with Gasteiger partial charge in [-0.15, -0.1) is 0 Å². The number of alkyl halides is 3. The average Bonchev–Trinajstić information content (AvgIpc) is 2.35. The predicted octanol–water partition coefficient (Wildman–Crippen LogP) is 3.48. The molecule has 1 atom stereocenters. The summed E-state index contributed by atoms with van der Waals surface area (Å²) in [6.45, 7) is 6.23. The molecule has 0 aliphatic carbocycles. The first-order valence-electron chi connectivity index (χ1n) is 6.41. The van der Waals surface area contributed by atoms with Gasteiger partial charge in [-0.3, -0.25) is 0 Å². The van der Waals surface area contributed by atoms with Gasteiger partial charge in [0.2, 0.25) is 5.82 Å². The maximum Gasteiger partial charge on any atom is 0.451 e. The number of thioether (sulfide) groups is 1. The van der Waals surface area contributed by atoms with Crippen LogP contribution in [0.3, 0.4) is 0 Å². The molecule has 1 unspecified atom stereocenters. The zero-order chi connectivity index (χ0) is 15.2. The fourth-order valence-corrected chi connectivity index (χ4v) is 2.18. The van der Waals surface area contributed by atoms with E-state index in [-0.39, 0.29) is 17.7 Å². The summed E-state index contributed by atoms with van der Waals surface area (Å²) in [6, 6.07) is 1.52. The molecule has 1 aromatic rings. The van der Waals surface area contributed by atoms with Gasteiger partial charge in [-0.1, -0.05) is 6.92 Å². The van der Waals surface area contributed by atoms with Gasteiger partial charge in [0, 0.05) is 24.4 Å². The number of hydrogen-bond acceptors (Lipinski definition) is 5. The Balaban J connectivity index is 2.91. The molecule has 0 fully saturated rings. The van der Waals surface area contributed by atoms with E-state index in [1.165, 1.54) is 6.07 Å². The summed E-state index contributed by atoms with van der Waals surface area (Å²) >= 11 is 1.72. The van der Waals surface area contributed by atoms with Crippen LogP contribution in [0.15, 0.2) is 6.07 Å². The lowest BCUT2D eigenvalue weighted by molar-refractivity contribution is -0.144. The van der Waals surface area contributed by atoms with Crippen molar-refractivity contribution in [3.63, 3.8) is 0 Å². The molecule has 0 saturated heterocycles. The van der Waals surface area contributed by atoms with Crippen molar-refractivity contribution in [2.75, 3.05) is 28.7 Å². The van der Waals surface area contributed by atoms with Crippen LogP contribution >= 0.6 is 11.8 Å². The fraction of sp³-hybridized carbons (Fsp3) is 0.667. The first-order chi connectivity index (χ1) is 9.36. The first kappa shape index (κ1) is 16.9. The van der Waals surface area contributed by atoms with E-state index in [0.29, 0.717) is 6.54 Å². The molecule has 0 aliphatic rings. The molecule has 0 radical (unpaired) electrons. The van der Waals surface area contributed by atoms with Crippen LogP contribution in [0.1, 0.15) is 26.6 Å². The minimum absolute atomic E-state index is 0.0328. The van der Waals surface area contributed by atoms with Crippen LogP contribution in [0.25, 0.3) is 0 Å². The highest BCUT2D eigenvalue weighted by atomic mass is 32.2. The van der Waals surface area contributed by atoms with Gasteiger partial charge in [0.15, 0.2) is 0 Å². The lowest BCUT2D eigenvalue weighted by atomic mass is 10.3. The summed E-state index contributed by atoms with van der Waals surface area (Å²) in [4.78, 5) is 7.01. The zero-order valence-electron chi connectivity index (χ0n) is 11.7. The molecule has 1 aromatic heterocycles. The number of anilines is 2. The van der Waals surface area contributed by atoms with E-state index >= 15 is 0 Å². The Labute approximate surface area is 121 Å². The fourth-order valence-electron chi connectivity index (χ4n) is 1.51. The third-order valence-corrected chi connectivity index (χ3v) is 3.45. The predicted molar refractivity (Wildman–Crippen MR) is 77.3 cm³/mol. The Morgan fingerprint density at radius 2 is 1.90 bits per heavy atom. The van der Waals surface area contributed by atoms with Gasteiger partial charge < -0.3 is 10.6 Å². The second-order valence-electron chi connectivity index (χ2n) is 4.19. The van der Waals surface area contributed by atoms with Crippen molar-refractivity contribution in [3.05, 3.63) is 11.9 Å². The maximum absolute atomic E-state index is 12.7. The number of halogens is 3. The second-order valence-corrected chi connectivity index (χ2v) is 5.51. The van der Waals surface area contributed by atoms with Crippen molar-refractivity contribution in [1.29, 1.82) is 0 Å². The molecule has 2 N–H and O–H groups in total. The monoisotopic (exact) mass is 308 g/mol. The molecule has 114 valence electrons.